The molecule has 0 aliphatic carbocycles. The molecule has 2 rings (SSSR count). The van der Waals surface area contributed by atoms with Crippen molar-refractivity contribution < 1.29 is 4.79 Å². The molecule has 6 heteroatoms. The van der Waals surface area contributed by atoms with E-state index in [-0.39, 0.29) is 5.91 Å². The topological polar surface area (TPSA) is 59.8 Å². The van der Waals surface area contributed by atoms with Gasteiger partial charge in [0.15, 0.2) is 0 Å². The SMILES string of the molecule is CCc1cc(C(=O)Nc2cc(Cl)ccn2)n(CC)n1. The number of amides is 1. The first-order valence-corrected chi connectivity index (χ1v) is 6.51. The highest BCUT2D eigenvalue weighted by molar-refractivity contribution is 6.30. The summed E-state index contributed by atoms with van der Waals surface area (Å²) in [4.78, 5) is 16.2. The molecule has 0 saturated heterocycles. The standard InChI is InChI=1S/C13H15ClN4O/c1-3-10-8-11(18(4-2)17-10)13(19)16-12-7-9(14)5-6-15-12/h5-8H,3-4H2,1-2H3,(H,15,16,19). The van der Waals surface area contributed by atoms with E-state index in [4.69, 9.17) is 11.6 Å². The monoisotopic (exact) mass is 278 g/mol. The van der Waals surface area contributed by atoms with E-state index >= 15 is 0 Å². The lowest BCUT2D eigenvalue weighted by Crippen LogP contribution is -2.17. The Labute approximate surface area is 116 Å². The van der Waals surface area contributed by atoms with Crippen molar-refractivity contribution in [2.24, 2.45) is 0 Å². The van der Waals surface area contributed by atoms with Crippen molar-refractivity contribution in [1.82, 2.24) is 14.8 Å². The van der Waals surface area contributed by atoms with Gasteiger partial charge in [0.25, 0.3) is 5.91 Å². The molecule has 5 nitrogen and oxygen atoms in total. The number of anilines is 1. The Morgan fingerprint density at radius 1 is 1.42 bits per heavy atom. The molecule has 0 aliphatic rings. The van der Waals surface area contributed by atoms with Gasteiger partial charge in [-0.1, -0.05) is 18.5 Å². The first kappa shape index (κ1) is 13.5. The van der Waals surface area contributed by atoms with Crippen LogP contribution in [0, 0.1) is 0 Å². The van der Waals surface area contributed by atoms with Gasteiger partial charge in [0.2, 0.25) is 0 Å². The molecule has 1 amide bonds. The van der Waals surface area contributed by atoms with Crippen LogP contribution in [0.3, 0.4) is 0 Å². The van der Waals surface area contributed by atoms with Crippen molar-refractivity contribution in [3.8, 4) is 0 Å². The number of carbonyl (C=O) groups excluding carboxylic acids is 1. The number of hydrogen-bond acceptors (Lipinski definition) is 3. The molecule has 0 spiro atoms. The summed E-state index contributed by atoms with van der Waals surface area (Å²) in [6.07, 6.45) is 2.34. The smallest absolute Gasteiger partial charge is 0.275 e. The number of carbonyl (C=O) groups is 1. The summed E-state index contributed by atoms with van der Waals surface area (Å²) in [6, 6.07) is 5.05. The second-order valence-electron chi connectivity index (χ2n) is 4.00. The third-order valence-corrected chi connectivity index (χ3v) is 2.92. The van der Waals surface area contributed by atoms with Crippen LogP contribution in [0.5, 0.6) is 0 Å². The maximum atomic E-state index is 12.2. The van der Waals surface area contributed by atoms with E-state index in [0.717, 1.165) is 12.1 Å². The van der Waals surface area contributed by atoms with Gasteiger partial charge in [-0.25, -0.2) is 4.98 Å². The number of aromatic nitrogens is 3. The lowest BCUT2D eigenvalue weighted by atomic mass is 10.3. The predicted octanol–water partition coefficient (Wildman–Crippen LogP) is 2.77. The number of halogens is 1. The van der Waals surface area contributed by atoms with Gasteiger partial charge in [-0.2, -0.15) is 5.10 Å². The second kappa shape index (κ2) is 5.84. The first-order valence-electron chi connectivity index (χ1n) is 6.13. The summed E-state index contributed by atoms with van der Waals surface area (Å²) in [7, 11) is 0. The van der Waals surface area contributed by atoms with Crippen LogP contribution in [0.2, 0.25) is 5.02 Å². The van der Waals surface area contributed by atoms with E-state index in [1.807, 2.05) is 13.8 Å². The number of rotatable bonds is 4. The molecular weight excluding hydrogens is 264 g/mol. The Kier molecular flexibility index (Phi) is 4.16. The molecule has 0 fully saturated rings. The van der Waals surface area contributed by atoms with Gasteiger partial charge in [0.1, 0.15) is 11.5 Å². The maximum Gasteiger partial charge on any atom is 0.275 e. The minimum atomic E-state index is -0.233. The minimum Gasteiger partial charge on any atom is -0.305 e. The first-order chi connectivity index (χ1) is 9.13. The van der Waals surface area contributed by atoms with Crippen molar-refractivity contribution in [2.75, 3.05) is 5.32 Å². The Hall–Kier alpha value is -1.88. The summed E-state index contributed by atoms with van der Waals surface area (Å²) in [6.45, 7) is 4.59. The lowest BCUT2D eigenvalue weighted by Gasteiger charge is -2.05. The van der Waals surface area contributed by atoms with E-state index in [9.17, 15) is 4.79 Å². The largest absolute Gasteiger partial charge is 0.305 e. The molecule has 0 saturated carbocycles. The number of aryl methyl sites for hydroxylation is 2. The van der Waals surface area contributed by atoms with Crippen LogP contribution < -0.4 is 5.32 Å². The van der Waals surface area contributed by atoms with Crippen molar-refractivity contribution >= 4 is 23.3 Å². The van der Waals surface area contributed by atoms with Gasteiger partial charge in [0, 0.05) is 17.8 Å². The molecule has 2 aromatic heterocycles. The van der Waals surface area contributed by atoms with E-state index in [0.29, 0.717) is 23.1 Å². The van der Waals surface area contributed by atoms with Gasteiger partial charge in [-0.15, -0.1) is 0 Å². The Balaban J connectivity index is 2.22. The fourth-order valence-corrected chi connectivity index (χ4v) is 1.88. The van der Waals surface area contributed by atoms with Crippen LogP contribution in [0.25, 0.3) is 0 Å². The maximum absolute atomic E-state index is 12.2. The van der Waals surface area contributed by atoms with Gasteiger partial charge >= 0.3 is 0 Å². The normalized spacial score (nSPS) is 10.5. The zero-order valence-corrected chi connectivity index (χ0v) is 11.6. The van der Waals surface area contributed by atoms with Crippen LogP contribution in [0.4, 0.5) is 5.82 Å². The van der Waals surface area contributed by atoms with Gasteiger partial charge < -0.3 is 5.32 Å². The average molecular weight is 279 g/mol. The lowest BCUT2D eigenvalue weighted by molar-refractivity contribution is 0.101. The van der Waals surface area contributed by atoms with Crippen LogP contribution >= 0.6 is 11.6 Å². The number of pyridine rings is 1. The van der Waals surface area contributed by atoms with Crippen molar-refractivity contribution in [3.05, 3.63) is 40.8 Å². The molecule has 0 unspecified atom stereocenters. The zero-order valence-electron chi connectivity index (χ0n) is 10.9. The summed E-state index contributed by atoms with van der Waals surface area (Å²) < 4.78 is 1.68. The summed E-state index contributed by atoms with van der Waals surface area (Å²) >= 11 is 5.85. The van der Waals surface area contributed by atoms with Crippen molar-refractivity contribution in [2.45, 2.75) is 26.8 Å². The van der Waals surface area contributed by atoms with Crippen LogP contribution in [-0.2, 0) is 13.0 Å². The van der Waals surface area contributed by atoms with E-state index in [1.165, 1.54) is 0 Å². The summed E-state index contributed by atoms with van der Waals surface area (Å²) in [5.74, 6) is 0.197. The fraction of sp³-hybridized carbons (Fsp3) is 0.308. The number of nitrogens with one attached hydrogen (secondary N) is 1. The average Bonchev–Trinajstić information content (AvgIpc) is 2.82. The van der Waals surface area contributed by atoms with Crippen LogP contribution in [0.1, 0.15) is 30.0 Å². The molecule has 0 atom stereocenters. The van der Waals surface area contributed by atoms with E-state index in [2.05, 4.69) is 15.4 Å². The molecule has 2 aromatic rings. The molecule has 100 valence electrons. The van der Waals surface area contributed by atoms with E-state index < -0.39 is 0 Å². The third kappa shape index (κ3) is 3.12. The fourth-order valence-electron chi connectivity index (χ4n) is 1.72. The highest BCUT2D eigenvalue weighted by atomic mass is 35.5. The Morgan fingerprint density at radius 2 is 2.21 bits per heavy atom. The van der Waals surface area contributed by atoms with Crippen molar-refractivity contribution in [1.29, 1.82) is 0 Å². The summed E-state index contributed by atoms with van der Waals surface area (Å²) in [5, 5.41) is 7.58. The molecule has 19 heavy (non-hydrogen) atoms. The molecule has 2 heterocycles. The Morgan fingerprint density at radius 3 is 2.84 bits per heavy atom. The molecule has 0 radical (unpaired) electrons. The van der Waals surface area contributed by atoms with Crippen LogP contribution in [0.15, 0.2) is 24.4 Å². The molecule has 0 aromatic carbocycles. The molecular formula is C13H15ClN4O. The zero-order chi connectivity index (χ0) is 13.8. The quantitative estimate of drug-likeness (QED) is 0.935. The molecule has 0 aliphatic heterocycles. The summed E-state index contributed by atoms with van der Waals surface area (Å²) in [5.41, 5.74) is 1.42. The predicted molar refractivity (Wildman–Crippen MR) is 74.5 cm³/mol. The van der Waals surface area contributed by atoms with Gasteiger partial charge in [0.05, 0.1) is 5.69 Å². The number of hydrogen-bond donors (Lipinski definition) is 1. The Bertz CT molecular complexity index is 594. The minimum absolute atomic E-state index is 0.233. The third-order valence-electron chi connectivity index (χ3n) is 2.69. The van der Waals surface area contributed by atoms with Crippen LogP contribution in [-0.4, -0.2) is 20.7 Å². The molecule has 1 N–H and O–H groups in total. The highest BCUT2D eigenvalue weighted by Gasteiger charge is 2.14. The van der Waals surface area contributed by atoms with E-state index in [1.54, 1.807) is 29.1 Å². The second-order valence-corrected chi connectivity index (χ2v) is 4.44. The number of nitrogens with zero attached hydrogens (tertiary/aromatic N) is 3. The van der Waals surface area contributed by atoms with Gasteiger partial charge in [-0.05, 0) is 31.5 Å². The highest BCUT2D eigenvalue weighted by Crippen LogP contribution is 2.13. The van der Waals surface area contributed by atoms with Gasteiger partial charge in [-0.3, -0.25) is 9.48 Å². The molecule has 0 bridgehead atoms. The van der Waals surface area contributed by atoms with Crippen molar-refractivity contribution in [3.63, 3.8) is 0 Å².